The molecule has 0 N–H and O–H groups in total. The van der Waals surface area contributed by atoms with Crippen LogP contribution >= 0.6 is 0 Å². The van der Waals surface area contributed by atoms with Crippen LogP contribution in [0.1, 0.15) is 18.1 Å². The van der Waals surface area contributed by atoms with Gasteiger partial charge in [0.05, 0.1) is 11.8 Å². The maximum atomic E-state index is 4.12. The Labute approximate surface area is 92.0 Å². The topological polar surface area (TPSA) is 15.4 Å². The Hall–Kier alpha value is -1.44. The van der Waals surface area contributed by atoms with Crippen LogP contribution in [0, 0.1) is 6.92 Å². The first-order valence-corrected chi connectivity index (χ1v) is 5.27. The molecule has 80 valence electrons. The molecule has 15 heavy (non-hydrogen) atoms. The molecule has 1 aromatic carbocycles. The smallest absolute Gasteiger partial charge is 0.225 e. The van der Waals surface area contributed by atoms with E-state index in [0.29, 0.717) is 0 Å². The molecular formula is C13H19N2+. The van der Waals surface area contributed by atoms with E-state index in [1.165, 1.54) is 16.8 Å². The molecule has 0 aliphatic carbocycles. The normalized spacial score (nSPS) is 13.1. The van der Waals surface area contributed by atoms with Gasteiger partial charge in [-0.2, -0.15) is 0 Å². The van der Waals surface area contributed by atoms with Crippen molar-refractivity contribution in [2.24, 2.45) is 4.99 Å². The monoisotopic (exact) mass is 203 g/mol. The minimum Gasteiger partial charge on any atom is -0.290 e. The minimum atomic E-state index is 0.982. The number of hydrogen-bond donors (Lipinski definition) is 0. The van der Waals surface area contributed by atoms with E-state index in [1.54, 1.807) is 0 Å². The van der Waals surface area contributed by atoms with Gasteiger partial charge in [0.1, 0.15) is 13.6 Å². The lowest BCUT2D eigenvalue weighted by Crippen LogP contribution is -2.20. The zero-order valence-corrected chi connectivity index (χ0v) is 9.99. The van der Waals surface area contributed by atoms with Crippen molar-refractivity contribution in [1.29, 1.82) is 0 Å². The second kappa shape index (κ2) is 5.44. The first-order valence-electron chi connectivity index (χ1n) is 5.27. The Morgan fingerprint density at radius 1 is 1.40 bits per heavy atom. The molecule has 2 nitrogen and oxygen atoms in total. The van der Waals surface area contributed by atoms with Crippen molar-refractivity contribution in [3.8, 4) is 0 Å². The number of hydrogen-bond acceptors (Lipinski definition) is 1. The summed E-state index contributed by atoms with van der Waals surface area (Å²) in [5, 5.41) is 0. The van der Waals surface area contributed by atoms with E-state index in [0.717, 1.165) is 6.54 Å². The fourth-order valence-electron chi connectivity index (χ4n) is 1.53. The Bertz CT molecular complexity index is 389. The van der Waals surface area contributed by atoms with Gasteiger partial charge in [0, 0.05) is 7.05 Å². The fraction of sp³-hybridized carbons (Fsp3) is 0.385. The number of aryl methyl sites for hydroxylation is 1. The lowest BCUT2D eigenvalue weighted by Gasteiger charge is -2.04. The van der Waals surface area contributed by atoms with Crippen molar-refractivity contribution in [3.63, 3.8) is 0 Å². The van der Waals surface area contributed by atoms with Gasteiger partial charge in [-0.25, -0.2) is 4.58 Å². The summed E-state index contributed by atoms with van der Waals surface area (Å²) in [6.07, 6.45) is 1.92. The highest BCUT2D eigenvalue weighted by molar-refractivity contribution is 6.36. The van der Waals surface area contributed by atoms with Crippen LogP contribution in [-0.4, -0.2) is 37.1 Å². The molecule has 1 aromatic rings. The van der Waals surface area contributed by atoms with Gasteiger partial charge in [0.15, 0.2) is 0 Å². The molecule has 0 atom stereocenters. The first-order chi connectivity index (χ1) is 7.20. The van der Waals surface area contributed by atoms with Gasteiger partial charge in [0.25, 0.3) is 0 Å². The van der Waals surface area contributed by atoms with E-state index in [9.17, 15) is 0 Å². The zero-order valence-electron chi connectivity index (χ0n) is 9.99. The van der Waals surface area contributed by atoms with Gasteiger partial charge in [0.2, 0.25) is 5.71 Å². The van der Waals surface area contributed by atoms with Crippen molar-refractivity contribution in [1.82, 2.24) is 0 Å². The molecule has 1 rings (SSSR count). The number of rotatable bonds is 3. The van der Waals surface area contributed by atoms with Crippen molar-refractivity contribution in [2.75, 3.05) is 20.6 Å². The summed E-state index contributed by atoms with van der Waals surface area (Å²) in [7, 11) is 3.89. The van der Waals surface area contributed by atoms with E-state index in [4.69, 9.17) is 0 Å². The van der Waals surface area contributed by atoms with E-state index in [-0.39, 0.29) is 0 Å². The van der Waals surface area contributed by atoms with Crippen LogP contribution in [0.2, 0.25) is 0 Å². The molecule has 0 amide bonds. The van der Waals surface area contributed by atoms with E-state index >= 15 is 0 Å². The largest absolute Gasteiger partial charge is 0.290 e. The molecule has 0 aromatic heterocycles. The lowest BCUT2D eigenvalue weighted by molar-refractivity contribution is -0.490. The lowest BCUT2D eigenvalue weighted by atomic mass is 10.0. The van der Waals surface area contributed by atoms with Gasteiger partial charge in [-0.3, -0.25) is 4.99 Å². The van der Waals surface area contributed by atoms with Crippen LogP contribution in [0.25, 0.3) is 0 Å². The average Bonchev–Trinajstić information content (AvgIpc) is 2.26. The first kappa shape index (κ1) is 11.6. The molecule has 0 radical (unpaired) electrons. The molecule has 0 saturated heterocycles. The van der Waals surface area contributed by atoms with Crippen molar-refractivity contribution in [3.05, 3.63) is 35.4 Å². The Kier molecular flexibility index (Phi) is 4.22. The third-order valence-electron chi connectivity index (χ3n) is 2.56. The molecule has 2 heteroatoms. The van der Waals surface area contributed by atoms with Gasteiger partial charge in [-0.1, -0.05) is 18.2 Å². The minimum absolute atomic E-state index is 0.982. The Morgan fingerprint density at radius 3 is 2.60 bits per heavy atom. The van der Waals surface area contributed by atoms with Gasteiger partial charge in [-0.15, -0.1) is 0 Å². The Morgan fingerprint density at radius 2 is 2.07 bits per heavy atom. The maximum Gasteiger partial charge on any atom is 0.225 e. The summed E-state index contributed by atoms with van der Waals surface area (Å²) < 4.78 is 2.20. The highest BCUT2D eigenvalue weighted by Gasteiger charge is 2.11. The summed E-state index contributed by atoms with van der Waals surface area (Å²) >= 11 is 0. The third-order valence-corrected chi connectivity index (χ3v) is 2.56. The van der Waals surface area contributed by atoms with Gasteiger partial charge in [-0.05, 0) is 25.5 Å². The van der Waals surface area contributed by atoms with E-state index < -0.39 is 0 Å². The summed E-state index contributed by atoms with van der Waals surface area (Å²) in [6.45, 7) is 5.25. The zero-order chi connectivity index (χ0) is 11.3. The van der Waals surface area contributed by atoms with Crippen LogP contribution in [0.5, 0.6) is 0 Å². The van der Waals surface area contributed by atoms with Crippen LogP contribution < -0.4 is 0 Å². The second-order valence-electron chi connectivity index (χ2n) is 3.60. The van der Waals surface area contributed by atoms with Crippen LogP contribution in [0.15, 0.2) is 29.3 Å². The van der Waals surface area contributed by atoms with Crippen molar-refractivity contribution < 1.29 is 4.58 Å². The molecule has 0 heterocycles. The highest BCUT2D eigenvalue weighted by Crippen LogP contribution is 2.07. The van der Waals surface area contributed by atoms with Crippen LogP contribution in [-0.2, 0) is 0 Å². The summed E-state index contributed by atoms with van der Waals surface area (Å²) in [5.41, 5.74) is 3.72. The van der Waals surface area contributed by atoms with Crippen molar-refractivity contribution >= 4 is 11.9 Å². The fourth-order valence-corrected chi connectivity index (χ4v) is 1.53. The van der Waals surface area contributed by atoms with Crippen LogP contribution in [0.3, 0.4) is 0 Å². The molecule has 0 saturated carbocycles. The standard InChI is InChI=1S/C13H19N2/c1-5-15(4)13(10-14-3)12-9-7-6-8-11(12)2/h6-10H,5H2,1-4H3/q+1. The molecule has 0 spiro atoms. The highest BCUT2D eigenvalue weighted by atomic mass is 15.0. The summed E-state index contributed by atoms with van der Waals surface area (Å²) in [6, 6.07) is 8.39. The van der Waals surface area contributed by atoms with Gasteiger partial charge >= 0.3 is 0 Å². The molecule has 0 aliphatic rings. The molecule has 0 aliphatic heterocycles. The van der Waals surface area contributed by atoms with Crippen molar-refractivity contribution in [2.45, 2.75) is 13.8 Å². The molecule has 0 fully saturated rings. The SMILES string of the molecule is CC[N+](C)=C(C=NC)c1ccccc1C. The summed E-state index contributed by atoms with van der Waals surface area (Å²) in [4.78, 5) is 4.12. The molecule has 0 bridgehead atoms. The van der Waals surface area contributed by atoms with E-state index in [1.807, 2.05) is 13.3 Å². The third kappa shape index (κ3) is 2.75. The number of aliphatic imine (C=N–C) groups is 1. The predicted octanol–water partition coefficient (Wildman–Crippen LogP) is 2.15. The Balaban J connectivity index is 3.29. The second-order valence-corrected chi connectivity index (χ2v) is 3.60. The van der Waals surface area contributed by atoms with Gasteiger partial charge < -0.3 is 0 Å². The molecule has 0 unspecified atom stereocenters. The van der Waals surface area contributed by atoms with E-state index in [2.05, 4.69) is 54.7 Å². The van der Waals surface area contributed by atoms with Crippen LogP contribution in [0.4, 0.5) is 0 Å². The maximum absolute atomic E-state index is 4.12. The quantitative estimate of drug-likeness (QED) is 0.528. The number of nitrogens with zero attached hydrogens (tertiary/aromatic N) is 2. The average molecular weight is 203 g/mol. The predicted molar refractivity (Wildman–Crippen MR) is 66.4 cm³/mol. The number of benzene rings is 1. The molecular weight excluding hydrogens is 184 g/mol. The summed E-state index contributed by atoms with van der Waals surface area (Å²) in [5.74, 6) is 0.